The number of carbonyl (C=O) groups is 1. The van der Waals surface area contributed by atoms with Crippen LogP contribution in [-0.2, 0) is 6.54 Å². The number of carbonyl (C=O) groups excluding carboxylic acids is 1. The zero-order chi connectivity index (χ0) is 16.2. The molecular weight excluding hydrogens is 338 g/mol. The van der Waals surface area contributed by atoms with Gasteiger partial charge in [0.25, 0.3) is 5.91 Å². The Morgan fingerprint density at radius 3 is 2.78 bits per heavy atom. The molecule has 9 heteroatoms. The highest BCUT2D eigenvalue weighted by Gasteiger charge is 2.15. The van der Waals surface area contributed by atoms with E-state index >= 15 is 0 Å². The summed E-state index contributed by atoms with van der Waals surface area (Å²) in [5, 5.41) is 16.9. The summed E-state index contributed by atoms with van der Waals surface area (Å²) in [6, 6.07) is 8.94. The molecule has 23 heavy (non-hydrogen) atoms. The number of aliphatic hydroxyl groups excluding tert-OH is 1. The zero-order valence-corrected chi connectivity index (χ0v) is 13.4. The van der Waals surface area contributed by atoms with E-state index in [1.807, 2.05) is 12.1 Å². The van der Waals surface area contributed by atoms with Crippen LogP contribution >= 0.6 is 23.3 Å². The smallest absolute Gasteiger partial charge is 0.278 e. The van der Waals surface area contributed by atoms with Gasteiger partial charge in [-0.15, -0.1) is 0 Å². The van der Waals surface area contributed by atoms with Gasteiger partial charge in [-0.1, -0.05) is 23.7 Å². The lowest BCUT2D eigenvalue weighted by Gasteiger charge is -2.05. The molecule has 7 nitrogen and oxygen atoms in total. The average molecular weight is 350 g/mol. The SMILES string of the molecule is O=C(Nc1cc(-c2ccc(Cl)cc2)nn1CCO)c1cnsn1. The Morgan fingerprint density at radius 1 is 1.35 bits per heavy atom. The minimum Gasteiger partial charge on any atom is -0.394 e. The summed E-state index contributed by atoms with van der Waals surface area (Å²) in [7, 11) is 0. The Hall–Kier alpha value is -2.29. The fourth-order valence-corrected chi connectivity index (χ4v) is 2.53. The number of hydrogen-bond donors (Lipinski definition) is 2. The molecule has 1 aromatic carbocycles. The highest BCUT2D eigenvalue weighted by Crippen LogP contribution is 2.24. The summed E-state index contributed by atoms with van der Waals surface area (Å²) in [4.78, 5) is 12.1. The summed E-state index contributed by atoms with van der Waals surface area (Å²) in [5.74, 6) is 0.0995. The Morgan fingerprint density at radius 2 is 2.13 bits per heavy atom. The number of benzene rings is 1. The molecule has 2 heterocycles. The van der Waals surface area contributed by atoms with Crippen LogP contribution in [0, 0.1) is 0 Å². The van der Waals surface area contributed by atoms with E-state index in [-0.39, 0.29) is 24.8 Å². The average Bonchev–Trinajstić information content (AvgIpc) is 3.19. The molecule has 3 aromatic rings. The number of rotatable bonds is 5. The van der Waals surface area contributed by atoms with E-state index in [2.05, 4.69) is 19.2 Å². The highest BCUT2D eigenvalue weighted by atomic mass is 35.5. The van der Waals surface area contributed by atoms with E-state index in [1.54, 1.807) is 18.2 Å². The van der Waals surface area contributed by atoms with Crippen molar-refractivity contribution in [3.63, 3.8) is 0 Å². The Bertz CT molecular complexity index is 801. The number of aromatic nitrogens is 4. The third kappa shape index (κ3) is 3.55. The molecular formula is C14H12ClN5O2S. The van der Waals surface area contributed by atoms with Gasteiger partial charge in [-0.25, -0.2) is 4.68 Å². The molecule has 0 radical (unpaired) electrons. The second-order valence-corrected chi connectivity index (χ2v) is 5.61. The number of nitrogens with zero attached hydrogens (tertiary/aromatic N) is 4. The summed E-state index contributed by atoms with van der Waals surface area (Å²) >= 11 is 6.84. The van der Waals surface area contributed by atoms with Gasteiger partial charge >= 0.3 is 0 Å². The molecule has 118 valence electrons. The van der Waals surface area contributed by atoms with Crippen LogP contribution < -0.4 is 5.32 Å². The van der Waals surface area contributed by atoms with Crippen LogP contribution in [-0.4, -0.2) is 36.1 Å². The van der Waals surface area contributed by atoms with E-state index in [0.717, 1.165) is 17.3 Å². The number of hydrogen-bond acceptors (Lipinski definition) is 6. The second-order valence-electron chi connectivity index (χ2n) is 4.62. The molecule has 0 unspecified atom stereocenters. The Labute approximate surface area is 140 Å². The first-order valence-electron chi connectivity index (χ1n) is 6.71. The molecule has 0 bridgehead atoms. The maximum Gasteiger partial charge on any atom is 0.278 e. The van der Waals surface area contributed by atoms with Gasteiger partial charge in [-0.2, -0.15) is 13.8 Å². The molecule has 0 aliphatic heterocycles. The van der Waals surface area contributed by atoms with Crippen molar-refractivity contribution in [1.82, 2.24) is 18.5 Å². The van der Waals surface area contributed by atoms with Gasteiger partial charge in [0, 0.05) is 16.7 Å². The number of aliphatic hydroxyl groups is 1. The maximum absolute atomic E-state index is 12.1. The molecule has 2 aromatic heterocycles. The first-order valence-corrected chi connectivity index (χ1v) is 7.82. The van der Waals surface area contributed by atoms with E-state index in [9.17, 15) is 4.79 Å². The number of amides is 1. The molecule has 3 rings (SSSR count). The fraction of sp³-hybridized carbons (Fsp3) is 0.143. The topological polar surface area (TPSA) is 92.9 Å². The second kappa shape index (κ2) is 6.86. The third-order valence-electron chi connectivity index (χ3n) is 3.07. The predicted molar refractivity (Wildman–Crippen MR) is 87.6 cm³/mol. The van der Waals surface area contributed by atoms with Crippen molar-refractivity contribution in [2.24, 2.45) is 0 Å². The molecule has 0 saturated heterocycles. The van der Waals surface area contributed by atoms with Crippen molar-refractivity contribution < 1.29 is 9.90 Å². The van der Waals surface area contributed by atoms with E-state index in [1.165, 1.54) is 10.9 Å². The van der Waals surface area contributed by atoms with Gasteiger partial charge in [0.1, 0.15) is 5.82 Å². The van der Waals surface area contributed by atoms with Crippen LogP contribution in [0.2, 0.25) is 5.02 Å². The van der Waals surface area contributed by atoms with E-state index in [4.69, 9.17) is 16.7 Å². The van der Waals surface area contributed by atoms with Crippen molar-refractivity contribution in [2.45, 2.75) is 6.54 Å². The number of nitrogens with one attached hydrogen (secondary N) is 1. The summed E-state index contributed by atoms with van der Waals surface area (Å²) in [6.45, 7) is 0.168. The zero-order valence-electron chi connectivity index (χ0n) is 11.8. The van der Waals surface area contributed by atoms with Crippen LogP contribution in [0.25, 0.3) is 11.3 Å². The normalized spacial score (nSPS) is 10.7. The number of halogens is 1. The van der Waals surface area contributed by atoms with Crippen molar-refractivity contribution in [3.05, 3.63) is 47.2 Å². The molecule has 0 fully saturated rings. The van der Waals surface area contributed by atoms with Crippen LogP contribution in [0.3, 0.4) is 0 Å². The van der Waals surface area contributed by atoms with Gasteiger partial charge in [-0.3, -0.25) is 4.79 Å². The quantitative estimate of drug-likeness (QED) is 0.737. The monoisotopic (exact) mass is 349 g/mol. The van der Waals surface area contributed by atoms with Crippen molar-refractivity contribution in [1.29, 1.82) is 0 Å². The third-order valence-corrected chi connectivity index (χ3v) is 3.80. The minimum absolute atomic E-state index is 0.0944. The minimum atomic E-state index is -0.375. The summed E-state index contributed by atoms with van der Waals surface area (Å²) < 4.78 is 9.22. The van der Waals surface area contributed by atoms with Crippen LogP contribution in [0.4, 0.5) is 5.82 Å². The molecule has 0 spiro atoms. The maximum atomic E-state index is 12.1. The van der Waals surface area contributed by atoms with Crippen molar-refractivity contribution in [2.75, 3.05) is 11.9 Å². The summed E-state index contributed by atoms with van der Waals surface area (Å²) in [6.07, 6.45) is 1.40. The van der Waals surface area contributed by atoms with Crippen molar-refractivity contribution in [3.8, 4) is 11.3 Å². The first kappa shape index (κ1) is 15.6. The van der Waals surface area contributed by atoms with Crippen LogP contribution in [0.1, 0.15) is 10.5 Å². The van der Waals surface area contributed by atoms with Gasteiger partial charge in [0.05, 0.1) is 36.8 Å². The predicted octanol–water partition coefficient (Wildman–Crippen LogP) is 2.30. The fourth-order valence-electron chi connectivity index (χ4n) is 1.99. The lowest BCUT2D eigenvalue weighted by molar-refractivity contribution is 0.102. The van der Waals surface area contributed by atoms with Gasteiger partial charge in [-0.05, 0) is 12.1 Å². The molecule has 1 amide bonds. The van der Waals surface area contributed by atoms with Gasteiger partial charge in [0.2, 0.25) is 0 Å². The van der Waals surface area contributed by atoms with E-state index in [0.29, 0.717) is 16.5 Å². The molecule has 0 aliphatic carbocycles. The van der Waals surface area contributed by atoms with Gasteiger partial charge in [0.15, 0.2) is 5.69 Å². The highest BCUT2D eigenvalue weighted by molar-refractivity contribution is 6.99. The van der Waals surface area contributed by atoms with Gasteiger partial charge < -0.3 is 10.4 Å². The standard InChI is InChI=1S/C14H12ClN5O2S/c15-10-3-1-9(2-4-10)11-7-13(20(18-11)5-6-21)17-14(22)12-8-16-23-19-12/h1-4,7-8,21H,5-6H2,(H,17,22). The molecule has 0 atom stereocenters. The van der Waals surface area contributed by atoms with E-state index < -0.39 is 0 Å². The summed E-state index contributed by atoms with van der Waals surface area (Å²) in [5.41, 5.74) is 1.76. The van der Waals surface area contributed by atoms with Crippen LogP contribution in [0.15, 0.2) is 36.5 Å². The van der Waals surface area contributed by atoms with Crippen LogP contribution in [0.5, 0.6) is 0 Å². The molecule has 0 saturated carbocycles. The Kier molecular flexibility index (Phi) is 4.65. The molecule has 2 N–H and O–H groups in total. The lowest BCUT2D eigenvalue weighted by atomic mass is 10.1. The lowest BCUT2D eigenvalue weighted by Crippen LogP contribution is -2.16. The number of anilines is 1. The largest absolute Gasteiger partial charge is 0.394 e. The van der Waals surface area contributed by atoms with Crippen molar-refractivity contribution >= 4 is 35.1 Å². The first-order chi connectivity index (χ1) is 11.2. The Balaban J connectivity index is 1.89. The molecule has 0 aliphatic rings.